The SMILES string of the molecule is CC(C)(C)[Si](OCc1ccccc1Cc1cccc(CCC(=O)O)c1)(c1ccccc1)c1ccccc1. The highest BCUT2D eigenvalue weighted by atomic mass is 28.4. The molecule has 0 unspecified atom stereocenters. The van der Waals surface area contributed by atoms with Crippen LogP contribution in [0.3, 0.4) is 0 Å². The van der Waals surface area contributed by atoms with E-state index >= 15 is 0 Å². The van der Waals surface area contributed by atoms with E-state index in [-0.39, 0.29) is 11.5 Å². The van der Waals surface area contributed by atoms with Crippen LogP contribution in [0.25, 0.3) is 0 Å². The zero-order chi connectivity index (χ0) is 26.3. The second-order valence-electron chi connectivity index (χ2n) is 10.6. The van der Waals surface area contributed by atoms with Gasteiger partial charge in [0.15, 0.2) is 0 Å². The molecule has 0 radical (unpaired) electrons. The normalized spacial score (nSPS) is 11.9. The molecule has 190 valence electrons. The first-order chi connectivity index (χ1) is 17.8. The maximum atomic E-state index is 11.0. The van der Waals surface area contributed by atoms with Crippen molar-refractivity contribution in [3.63, 3.8) is 0 Å². The lowest BCUT2D eigenvalue weighted by Gasteiger charge is -2.43. The summed E-state index contributed by atoms with van der Waals surface area (Å²) in [6.07, 6.45) is 1.47. The molecular formula is C33H36O3Si. The van der Waals surface area contributed by atoms with Gasteiger partial charge in [0.2, 0.25) is 0 Å². The summed E-state index contributed by atoms with van der Waals surface area (Å²) in [5.41, 5.74) is 4.66. The maximum absolute atomic E-state index is 11.0. The summed E-state index contributed by atoms with van der Waals surface area (Å²) in [5, 5.41) is 11.5. The summed E-state index contributed by atoms with van der Waals surface area (Å²) in [6, 6.07) is 38.2. The molecule has 0 atom stereocenters. The monoisotopic (exact) mass is 508 g/mol. The third-order valence-electron chi connectivity index (χ3n) is 6.99. The van der Waals surface area contributed by atoms with Crippen molar-refractivity contribution in [3.8, 4) is 0 Å². The van der Waals surface area contributed by atoms with Gasteiger partial charge in [-0.15, -0.1) is 0 Å². The maximum Gasteiger partial charge on any atom is 0.303 e. The van der Waals surface area contributed by atoms with Gasteiger partial charge in [0.05, 0.1) is 6.61 Å². The van der Waals surface area contributed by atoms with Crippen LogP contribution in [0, 0.1) is 0 Å². The molecule has 37 heavy (non-hydrogen) atoms. The Hall–Kier alpha value is -3.47. The second-order valence-corrected chi connectivity index (χ2v) is 14.9. The third-order valence-corrected chi connectivity index (χ3v) is 12.0. The predicted octanol–water partition coefficient (Wildman–Crippen LogP) is 6.37. The van der Waals surface area contributed by atoms with Gasteiger partial charge >= 0.3 is 5.97 Å². The zero-order valence-electron chi connectivity index (χ0n) is 22.0. The number of hydrogen-bond acceptors (Lipinski definition) is 2. The van der Waals surface area contributed by atoms with Gasteiger partial charge in [-0.05, 0) is 50.5 Å². The highest BCUT2D eigenvalue weighted by Crippen LogP contribution is 2.37. The number of aliphatic carboxylic acids is 1. The van der Waals surface area contributed by atoms with E-state index in [9.17, 15) is 4.79 Å². The van der Waals surface area contributed by atoms with Crippen LogP contribution in [0.1, 0.15) is 49.4 Å². The molecular weight excluding hydrogens is 472 g/mol. The zero-order valence-corrected chi connectivity index (χ0v) is 23.0. The Morgan fingerprint density at radius 1 is 0.730 bits per heavy atom. The summed E-state index contributed by atoms with van der Waals surface area (Å²) < 4.78 is 7.19. The summed E-state index contributed by atoms with van der Waals surface area (Å²) in [5.74, 6) is -0.767. The number of carboxylic acids is 1. The van der Waals surface area contributed by atoms with E-state index in [0.717, 1.165) is 12.0 Å². The van der Waals surface area contributed by atoms with Crippen molar-refractivity contribution in [2.45, 2.75) is 51.7 Å². The van der Waals surface area contributed by atoms with Gasteiger partial charge < -0.3 is 9.53 Å². The standard InChI is InChI=1S/C33H36O3Si/c1-33(2,3)37(30-17-6-4-7-18-30,31-19-8-5-9-20-31)36-25-29-16-11-10-15-28(29)24-27-14-12-13-26(23-27)21-22-32(34)35/h4-20,23H,21-22,24-25H2,1-3H3,(H,34,35). The summed E-state index contributed by atoms with van der Waals surface area (Å²) in [7, 11) is -2.63. The summed E-state index contributed by atoms with van der Waals surface area (Å²) >= 11 is 0. The molecule has 0 amide bonds. The largest absolute Gasteiger partial charge is 0.481 e. The average Bonchev–Trinajstić information content (AvgIpc) is 2.89. The van der Waals surface area contributed by atoms with Crippen LogP contribution in [0.2, 0.25) is 5.04 Å². The Bertz CT molecular complexity index is 1270. The quantitative estimate of drug-likeness (QED) is 0.253. The van der Waals surface area contributed by atoms with Gasteiger partial charge in [-0.1, -0.05) is 130 Å². The van der Waals surface area contributed by atoms with Gasteiger partial charge in [0, 0.05) is 6.42 Å². The molecule has 0 fully saturated rings. The van der Waals surface area contributed by atoms with E-state index in [2.05, 4.69) is 118 Å². The average molecular weight is 509 g/mol. The van der Waals surface area contributed by atoms with Crippen molar-refractivity contribution >= 4 is 24.7 Å². The van der Waals surface area contributed by atoms with Gasteiger partial charge in [-0.2, -0.15) is 0 Å². The minimum atomic E-state index is -2.63. The Morgan fingerprint density at radius 2 is 1.27 bits per heavy atom. The predicted molar refractivity (Wildman–Crippen MR) is 154 cm³/mol. The van der Waals surface area contributed by atoms with Gasteiger partial charge in [-0.3, -0.25) is 4.79 Å². The first-order valence-electron chi connectivity index (χ1n) is 12.9. The number of carbonyl (C=O) groups is 1. The molecule has 1 N–H and O–H groups in total. The second kappa shape index (κ2) is 11.7. The molecule has 0 aromatic heterocycles. The number of aryl methyl sites for hydroxylation is 1. The first-order valence-corrected chi connectivity index (χ1v) is 14.8. The van der Waals surface area contributed by atoms with Crippen LogP contribution >= 0.6 is 0 Å². The van der Waals surface area contributed by atoms with Crippen molar-refractivity contribution in [2.24, 2.45) is 0 Å². The fraction of sp³-hybridized carbons (Fsp3) is 0.242. The van der Waals surface area contributed by atoms with E-state index in [1.807, 2.05) is 12.1 Å². The van der Waals surface area contributed by atoms with Gasteiger partial charge in [0.1, 0.15) is 0 Å². The Morgan fingerprint density at radius 3 is 1.84 bits per heavy atom. The molecule has 0 aliphatic carbocycles. The molecule has 4 aromatic rings. The van der Waals surface area contributed by atoms with Gasteiger partial charge in [0.25, 0.3) is 8.32 Å². The molecule has 0 aliphatic rings. The van der Waals surface area contributed by atoms with Crippen molar-refractivity contribution in [1.29, 1.82) is 0 Å². The summed E-state index contributed by atoms with van der Waals surface area (Å²) in [4.78, 5) is 11.0. The molecule has 0 heterocycles. The molecule has 4 rings (SSSR count). The number of carboxylic acid groups (broad SMARTS) is 1. The van der Waals surface area contributed by atoms with Crippen molar-refractivity contribution in [2.75, 3.05) is 0 Å². The van der Waals surface area contributed by atoms with Crippen molar-refractivity contribution in [1.82, 2.24) is 0 Å². The lowest BCUT2D eigenvalue weighted by Crippen LogP contribution is -2.66. The summed E-state index contributed by atoms with van der Waals surface area (Å²) in [6.45, 7) is 7.43. The van der Waals surface area contributed by atoms with Crippen LogP contribution in [0.4, 0.5) is 0 Å². The molecule has 0 aliphatic heterocycles. The highest BCUT2D eigenvalue weighted by Gasteiger charge is 2.50. The minimum absolute atomic E-state index is 0.0802. The number of hydrogen-bond donors (Lipinski definition) is 1. The van der Waals surface area contributed by atoms with Crippen LogP contribution in [-0.4, -0.2) is 19.4 Å². The molecule has 0 bridgehead atoms. The first kappa shape index (κ1) is 26.6. The number of benzene rings is 4. The molecule has 4 aromatic carbocycles. The molecule has 4 heteroatoms. The van der Waals surface area contributed by atoms with E-state index in [1.54, 1.807) is 0 Å². The lowest BCUT2D eigenvalue weighted by atomic mass is 9.98. The topological polar surface area (TPSA) is 46.5 Å². The van der Waals surface area contributed by atoms with Crippen LogP contribution in [0.5, 0.6) is 0 Å². The lowest BCUT2D eigenvalue weighted by molar-refractivity contribution is -0.136. The fourth-order valence-corrected chi connectivity index (χ4v) is 9.71. The van der Waals surface area contributed by atoms with E-state index in [4.69, 9.17) is 9.53 Å². The number of rotatable bonds is 10. The molecule has 0 saturated carbocycles. The third kappa shape index (κ3) is 6.27. The minimum Gasteiger partial charge on any atom is -0.481 e. The van der Waals surface area contributed by atoms with Gasteiger partial charge in [-0.25, -0.2) is 0 Å². The van der Waals surface area contributed by atoms with Crippen LogP contribution in [-0.2, 0) is 28.7 Å². The smallest absolute Gasteiger partial charge is 0.303 e. The van der Waals surface area contributed by atoms with Crippen molar-refractivity contribution in [3.05, 3.63) is 131 Å². The highest BCUT2D eigenvalue weighted by molar-refractivity contribution is 6.99. The van der Waals surface area contributed by atoms with E-state index in [1.165, 1.54) is 27.1 Å². The molecule has 0 spiro atoms. The van der Waals surface area contributed by atoms with Crippen LogP contribution in [0.15, 0.2) is 109 Å². The van der Waals surface area contributed by atoms with Crippen LogP contribution < -0.4 is 10.4 Å². The Labute approximate surface area is 221 Å². The van der Waals surface area contributed by atoms with E-state index < -0.39 is 14.3 Å². The molecule has 3 nitrogen and oxygen atoms in total. The van der Waals surface area contributed by atoms with E-state index in [0.29, 0.717) is 13.0 Å². The molecule has 0 saturated heterocycles. The Kier molecular flexibility index (Phi) is 8.42. The Balaban J connectivity index is 1.66. The van der Waals surface area contributed by atoms with Crippen molar-refractivity contribution < 1.29 is 14.3 Å². The fourth-order valence-electron chi connectivity index (χ4n) is 5.18.